The van der Waals surface area contributed by atoms with Crippen molar-refractivity contribution < 1.29 is 0 Å². The van der Waals surface area contributed by atoms with Crippen LogP contribution in [0.5, 0.6) is 0 Å². The third-order valence-electron chi connectivity index (χ3n) is 20.7. The minimum atomic E-state index is 0.414. The van der Waals surface area contributed by atoms with E-state index in [0.717, 1.165) is 150 Å². The molecule has 0 aliphatic carbocycles. The van der Waals surface area contributed by atoms with Crippen LogP contribution >= 0.6 is 34.0 Å². The standard InChI is InChI=1S/2C33H19N7S.C32H18N8S/c1-3-9-20(10-4-1)21-15-17-23(18-16-21)31-38-30(22-11-5-2-6-12-22)39-32(40-31)28-29-26(34-19-35-28)27-33(41-29)37-25-14-8-7-13-24(25)36-27;1-3-9-20(10-4-1)21-15-17-23(18-16-21)31-35-30(22-11-5-2-6-12-22)36-32(37-31)28-29-27(38-40-39-28)25-19-24-13-7-8-14-26(24)34-33(25)41-29;1-3-9-19(10-4-1)20-15-17-22(18-16-20)30-35-29(21-11-5-2-6-12-21)36-31(37-30)27-28-25(38-40-39-27)26-32(41-28)34-24-14-8-7-13-23(24)33-26/h2*1-19H;1-18H. The zero-order chi connectivity index (χ0) is 81.5. The second-order valence-electron chi connectivity index (χ2n) is 28.5. The minimum absolute atomic E-state index is 0.414. The number of para-hydroxylation sites is 5. The molecule has 0 saturated heterocycles. The number of thiophene rings is 3. The molecule has 25 heteroatoms. The van der Waals surface area contributed by atoms with Crippen LogP contribution < -0.4 is 0 Å². The maximum atomic E-state index is 4.93. The lowest BCUT2D eigenvalue weighted by Gasteiger charge is -2.09. The Balaban J connectivity index is 0.000000110. The van der Waals surface area contributed by atoms with Crippen molar-refractivity contribution in [2.75, 3.05) is 0 Å². The van der Waals surface area contributed by atoms with Gasteiger partial charge in [0.15, 0.2) is 63.8 Å². The van der Waals surface area contributed by atoms with Crippen LogP contribution in [0.2, 0.25) is 0 Å². The highest BCUT2D eigenvalue weighted by Crippen LogP contribution is 2.42. The minimum Gasteiger partial charge on any atom is -0.241 e. The summed E-state index contributed by atoms with van der Waals surface area (Å²) in [6.07, 6.45) is 1.54. The van der Waals surface area contributed by atoms with Crippen molar-refractivity contribution in [2.24, 2.45) is 0 Å². The van der Waals surface area contributed by atoms with Gasteiger partial charge < -0.3 is 0 Å². The molecule has 0 bridgehead atoms. The number of hydrogen-bond acceptors (Lipinski definition) is 25. The zero-order valence-electron chi connectivity index (χ0n) is 64.4. The second kappa shape index (κ2) is 31.8. The first-order valence-electron chi connectivity index (χ1n) is 39.1. The fourth-order valence-electron chi connectivity index (χ4n) is 14.6. The molecule has 0 atom stereocenters. The van der Waals surface area contributed by atoms with Crippen molar-refractivity contribution in [1.82, 2.24) is 111 Å². The third-order valence-corrected chi connectivity index (χ3v) is 23.9. The smallest absolute Gasteiger partial charge is 0.185 e. The summed E-state index contributed by atoms with van der Waals surface area (Å²) in [5, 5.41) is 27.8. The SMILES string of the molecule is c1ccc(-c2ccc(-c3nc(-c4ccccc4)nc(-c4ncnc5c4sc4nc6ccccc6nc45)n3)cc2)cc1.c1ccc(-c2ccc(-c3nc(-c4ccccc4)nc(-c4nnnc5c4sc4nc6ccccc6cc45)n3)cc2)cc1.c1ccc(-c2ccc(-c3nc(-c4ccccc4)nc(-c4nnnc5c4sc4nc6ccccc6nc45)n3)cc2)cc1. The highest BCUT2D eigenvalue weighted by Gasteiger charge is 2.26. The Morgan fingerprint density at radius 3 is 0.862 bits per heavy atom. The molecular formula is C98H56N22S3. The molecule has 0 saturated carbocycles. The highest BCUT2D eigenvalue weighted by atomic mass is 32.1. The first kappa shape index (κ1) is 72.9. The largest absolute Gasteiger partial charge is 0.241 e. The monoisotopic (exact) mass is 1640 g/mol. The molecule has 24 aromatic rings. The summed E-state index contributed by atoms with van der Waals surface area (Å²) in [5.74, 6) is 4.70. The fourth-order valence-corrected chi connectivity index (χ4v) is 17.8. The Bertz CT molecular complexity index is 7350. The van der Waals surface area contributed by atoms with Crippen molar-refractivity contribution in [2.45, 2.75) is 0 Å². The molecule has 24 rings (SSSR count). The Morgan fingerprint density at radius 2 is 0.455 bits per heavy atom. The number of hydrogen-bond donors (Lipinski definition) is 0. The number of benzene rings is 12. The molecule has 0 fully saturated rings. The number of aromatic nitrogens is 22. The summed E-state index contributed by atoms with van der Waals surface area (Å²) in [5.41, 5.74) is 21.6. The maximum Gasteiger partial charge on any atom is 0.185 e. The van der Waals surface area contributed by atoms with Crippen LogP contribution in [0, 0.1) is 0 Å². The molecule has 0 unspecified atom stereocenters. The van der Waals surface area contributed by atoms with E-state index in [1.54, 1.807) is 6.33 Å². The third kappa shape index (κ3) is 14.4. The first-order valence-corrected chi connectivity index (χ1v) is 41.6. The quantitative estimate of drug-likeness (QED) is 0.110. The van der Waals surface area contributed by atoms with Crippen LogP contribution in [0.15, 0.2) is 340 Å². The lowest BCUT2D eigenvalue weighted by atomic mass is 10.0. The summed E-state index contributed by atoms with van der Waals surface area (Å²) in [6.45, 7) is 0. The van der Waals surface area contributed by atoms with Crippen LogP contribution in [-0.2, 0) is 0 Å². The predicted molar refractivity (Wildman–Crippen MR) is 487 cm³/mol. The van der Waals surface area contributed by atoms with E-state index in [1.807, 2.05) is 255 Å². The van der Waals surface area contributed by atoms with Gasteiger partial charge in [-0.05, 0) is 80.2 Å². The summed E-state index contributed by atoms with van der Waals surface area (Å²) >= 11 is 4.49. The van der Waals surface area contributed by atoms with Gasteiger partial charge in [0, 0.05) is 44.2 Å². The Hall–Kier alpha value is -16.5. The van der Waals surface area contributed by atoms with Gasteiger partial charge in [0.25, 0.3) is 0 Å². The molecule has 576 valence electrons. The first-order chi connectivity index (χ1) is 60.9. The number of rotatable bonds is 12. The Labute approximate surface area is 710 Å². The van der Waals surface area contributed by atoms with Crippen molar-refractivity contribution in [3.05, 3.63) is 340 Å². The van der Waals surface area contributed by atoms with Gasteiger partial charge in [-0.2, -0.15) is 0 Å². The Morgan fingerprint density at radius 1 is 0.179 bits per heavy atom. The van der Waals surface area contributed by atoms with Gasteiger partial charge in [-0.15, -0.1) is 54.4 Å². The van der Waals surface area contributed by atoms with Gasteiger partial charge in [0.05, 0.1) is 41.7 Å². The zero-order valence-corrected chi connectivity index (χ0v) is 66.8. The van der Waals surface area contributed by atoms with E-state index in [0.29, 0.717) is 80.5 Å². The molecule has 123 heavy (non-hydrogen) atoms. The van der Waals surface area contributed by atoms with Gasteiger partial charge in [0.1, 0.15) is 54.1 Å². The van der Waals surface area contributed by atoms with Gasteiger partial charge in [-0.25, -0.2) is 79.7 Å². The number of pyridine rings is 1. The topological polar surface area (TPSA) is 284 Å². The molecule has 22 nitrogen and oxygen atoms in total. The lowest BCUT2D eigenvalue weighted by molar-refractivity contribution is 0.894. The van der Waals surface area contributed by atoms with Gasteiger partial charge >= 0.3 is 0 Å². The molecule has 0 aliphatic rings. The van der Waals surface area contributed by atoms with Crippen LogP contribution in [-0.4, -0.2) is 111 Å². The summed E-state index contributed by atoms with van der Waals surface area (Å²) in [4.78, 5) is 79.9. The van der Waals surface area contributed by atoms with E-state index in [2.05, 4.69) is 120 Å². The van der Waals surface area contributed by atoms with E-state index < -0.39 is 0 Å². The van der Waals surface area contributed by atoms with Crippen molar-refractivity contribution in [3.8, 4) is 136 Å². The van der Waals surface area contributed by atoms with Crippen LogP contribution in [0.25, 0.3) is 231 Å². The van der Waals surface area contributed by atoms with Crippen LogP contribution in [0.3, 0.4) is 0 Å². The van der Waals surface area contributed by atoms with Crippen molar-refractivity contribution in [1.29, 1.82) is 0 Å². The molecule has 12 heterocycles. The van der Waals surface area contributed by atoms with Crippen LogP contribution in [0.1, 0.15) is 0 Å². The maximum absolute atomic E-state index is 4.93. The molecule has 0 spiro atoms. The molecule has 12 aromatic carbocycles. The summed E-state index contributed by atoms with van der Waals surface area (Å²) in [6, 6.07) is 111. The van der Waals surface area contributed by atoms with E-state index in [4.69, 9.17) is 69.8 Å². The molecule has 12 aromatic heterocycles. The predicted octanol–water partition coefficient (Wildman–Crippen LogP) is 22.3. The fraction of sp³-hybridized carbons (Fsp3) is 0. The van der Waals surface area contributed by atoms with Gasteiger partial charge in [-0.3, -0.25) is 0 Å². The number of nitrogens with zero attached hydrogens (tertiary/aromatic N) is 22. The lowest BCUT2D eigenvalue weighted by Crippen LogP contribution is -2.02. The molecule has 0 amide bonds. The molecule has 0 aliphatic heterocycles. The second-order valence-corrected chi connectivity index (χ2v) is 31.4. The normalized spacial score (nSPS) is 11.4. The van der Waals surface area contributed by atoms with Crippen LogP contribution in [0.4, 0.5) is 0 Å². The molecular weight excluding hydrogens is 1580 g/mol. The molecule has 0 radical (unpaired) electrons. The average Bonchev–Trinajstić information content (AvgIpc) is 1.62. The Kier molecular flexibility index (Phi) is 18.8. The van der Waals surface area contributed by atoms with Gasteiger partial charge in [0.2, 0.25) is 0 Å². The van der Waals surface area contributed by atoms with E-state index >= 15 is 0 Å². The number of fused-ring (bicyclic) bond motifs is 12. The summed E-state index contributed by atoms with van der Waals surface area (Å²) < 4.78 is 2.46. The van der Waals surface area contributed by atoms with Crippen molar-refractivity contribution in [3.63, 3.8) is 0 Å². The van der Waals surface area contributed by atoms with Gasteiger partial charge in [-0.1, -0.05) is 297 Å². The van der Waals surface area contributed by atoms with E-state index in [9.17, 15) is 0 Å². The van der Waals surface area contributed by atoms with E-state index in [1.165, 1.54) is 34.0 Å². The van der Waals surface area contributed by atoms with Crippen molar-refractivity contribution >= 4 is 129 Å². The summed E-state index contributed by atoms with van der Waals surface area (Å²) in [7, 11) is 0. The van der Waals surface area contributed by atoms with E-state index in [-0.39, 0.29) is 0 Å². The highest BCUT2D eigenvalue weighted by molar-refractivity contribution is 7.26. The molecule has 0 N–H and O–H groups in total. The average molecular weight is 1640 g/mol.